The number of nitriles is 1. The van der Waals surface area contributed by atoms with Gasteiger partial charge in [-0.1, -0.05) is 11.6 Å². The van der Waals surface area contributed by atoms with E-state index in [2.05, 4.69) is 26.1 Å². The minimum Gasteiger partial charge on any atom is -0.467 e. The smallest absolute Gasteiger partial charge is 0.258 e. The first-order chi connectivity index (χ1) is 13.9. The van der Waals surface area contributed by atoms with Gasteiger partial charge in [0.15, 0.2) is 5.82 Å². The summed E-state index contributed by atoms with van der Waals surface area (Å²) in [6, 6.07) is 6.28. The van der Waals surface area contributed by atoms with Gasteiger partial charge in [-0.2, -0.15) is 10.4 Å². The Bertz CT molecular complexity index is 1200. The maximum Gasteiger partial charge on any atom is 0.258 e. The third-order valence-electron chi connectivity index (χ3n) is 4.58. The molecule has 0 spiro atoms. The van der Waals surface area contributed by atoms with E-state index in [1.54, 1.807) is 14.0 Å². The van der Waals surface area contributed by atoms with Gasteiger partial charge in [-0.3, -0.25) is 9.67 Å². The summed E-state index contributed by atoms with van der Waals surface area (Å²) in [5.41, 5.74) is 8.58. The number of ether oxygens (including phenoxy) is 1. The summed E-state index contributed by atoms with van der Waals surface area (Å²) >= 11 is 6.44. The molecule has 0 saturated carbocycles. The average Bonchev–Trinajstić information content (AvgIpc) is 3.02. The van der Waals surface area contributed by atoms with Gasteiger partial charge in [0.2, 0.25) is 0 Å². The second kappa shape index (κ2) is 7.14. The lowest BCUT2D eigenvalue weighted by atomic mass is 10.0. The minimum atomic E-state index is -0.639. The topological polar surface area (TPSA) is 115 Å². The molecule has 0 radical (unpaired) electrons. The minimum absolute atomic E-state index is 0.0672. The van der Waals surface area contributed by atoms with Gasteiger partial charge in [-0.05, 0) is 25.1 Å². The van der Waals surface area contributed by atoms with Crippen molar-refractivity contribution in [1.82, 2.24) is 19.7 Å². The van der Waals surface area contributed by atoms with Crippen LogP contribution in [0.25, 0.3) is 11.3 Å². The number of hydrogen-bond donors (Lipinski definition) is 1. The number of halogens is 2. The first-order valence-electron chi connectivity index (χ1n) is 8.64. The molecule has 10 heteroatoms. The SMILES string of the molecule is CC1Oc2nc(cnc2N)-c2c(nn(C)c2C#N)CN=C(Cl)c2ccc(F)cc21. The monoisotopic (exact) mass is 411 g/mol. The number of aromatic nitrogens is 4. The van der Waals surface area contributed by atoms with Gasteiger partial charge < -0.3 is 10.5 Å². The first kappa shape index (κ1) is 18.8. The number of nitrogen functional groups attached to an aromatic ring is 1. The summed E-state index contributed by atoms with van der Waals surface area (Å²) in [5.74, 6) is -0.300. The summed E-state index contributed by atoms with van der Waals surface area (Å²) in [7, 11) is 1.65. The summed E-state index contributed by atoms with van der Waals surface area (Å²) in [5, 5.41) is 14.1. The average molecular weight is 412 g/mol. The number of benzene rings is 1. The fraction of sp³-hybridized carbons (Fsp3) is 0.211. The lowest BCUT2D eigenvalue weighted by Gasteiger charge is -2.19. The highest BCUT2D eigenvalue weighted by atomic mass is 35.5. The molecule has 0 aliphatic carbocycles. The first-order valence-corrected chi connectivity index (χ1v) is 9.02. The third-order valence-corrected chi connectivity index (χ3v) is 4.90. The van der Waals surface area contributed by atoms with E-state index in [0.717, 1.165) is 0 Å². The Morgan fingerprint density at radius 3 is 2.97 bits per heavy atom. The van der Waals surface area contributed by atoms with Crippen LogP contribution in [0.5, 0.6) is 5.88 Å². The van der Waals surface area contributed by atoms with Gasteiger partial charge in [-0.25, -0.2) is 14.4 Å². The second-order valence-corrected chi connectivity index (χ2v) is 6.81. The summed E-state index contributed by atoms with van der Waals surface area (Å²) in [6.45, 7) is 1.81. The normalized spacial score (nSPS) is 15.7. The van der Waals surface area contributed by atoms with E-state index in [1.165, 1.54) is 29.1 Å². The van der Waals surface area contributed by atoms with Crippen molar-refractivity contribution in [3.63, 3.8) is 0 Å². The van der Waals surface area contributed by atoms with E-state index in [0.29, 0.717) is 33.8 Å². The summed E-state index contributed by atoms with van der Waals surface area (Å²) in [6.07, 6.45) is 0.804. The van der Waals surface area contributed by atoms with Gasteiger partial charge in [0, 0.05) is 18.2 Å². The molecule has 146 valence electrons. The fourth-order valence-corrected chi connectivity index (χ4v) is 3.43. The molecule has 2 bridgehead atoms. The molecule has 1 aliphatic rings. The van der Waals surface area contributed by atoms with Crippen LogP contribution in [0.1, 0.15) is 35.5 Å². The molecule has 1 aromatic carbocycles. The van der Waals surface area contributed by atoms with Crippen molar-refractivity contribution < 1.29 is 9.13 Å². The van der Waals surface area contributed by atoms with Crippen molar-refractivity contribution in [1.29, 1.82) is 5.26 Å². The van der Waals surface area contributed by atoms with Crippen molar-refractivity contribution in [2.45, 2.75) is 19.6 Å². The van der Waals surface area contributed by atoms with Crippen LogP contribution in [-0.2, 0) is 13.6 Å². The Kier molecular flexibility index (Phi) is 4.64. The lowest BCUT2D eigenvalue weighted by molar-refractivity contribution is 0.218. The molecule has 2 N–H and O–H groups in total. The van der Waals surface area contributed by atoms with Crippen LogP contribution in [0.2, 0.25) is 0 Å². The maximum atomic E-state index is 13.9. The van der Waals surface area contributed by atoms with Crippen LogP contribution < -0.4 is 10.5 Å². The van der Waals surface area contributed by atoms with Crippen LogP contribution in [-0.4, -0.2) is 24.9 Å². The molecule has 1 aliphatic heterocycles. The number of aryl methyl sites for hydroxylation is 1. The number of nitrogens with zero attached hydrogens (tertiary/aromatic N) is 6. The maximum absolute atomic E-state index is 13.9. The van der Waals surface area contributed by atoms with E-state index < -0.39 is 11.9 Å². The predicted octanol–water partition coefficient (Wildman–Crippen LogP) is 3.11. The molecule has 29 heavy (non-hydrogen) atoms. The molecule has 3 aromatic rings. The number of anilines is 1. The zero-order valence-electron chi connectivity index (χ0n) is 15.5. The van der Waals surface area contributed by atoms with Gasteiger partial charge in [-0.15, -0.1) is 0 Å². The highest BCUT2D eigenvalue weighted by Gasteiger charge is 2.24. The van der Waals surface area contributed by atoms with Crippen LogP contribution in [0, 0.1) is 17.1 Å². The number of fused-ring (bicyclic) bond motifs is 5. The molecule has 1 unspecified atom stereocenters. The van der Waals surface area contributed by atoms with E-state index >= 15 is 0 Å². The Morgan fingerprint density at radius 1 is 1.41 bits per heavy atom. The molecule has 0 amide bonds. The number of hydrogen-bond acceptors (Lipinski definition) is 7. The van der Waals surface area contributed by atoms with E-state index in [9.17, 15) is 9.65 Å². The lowest BCUT2D eigenvalue weighted by Crippen LogP contribution is -2.12. The number of aliphatic imine (C=N–C) groups is 1. The molecular formula is C19H15ClFN7O. The van der Waals surface area contributed by atoms with Crippen LogP contribution in [0.15, 0.2) is 29.4 Å². The van der Waals surface area contributed by atoms with E-state index in [1.807, 2.05) is 0 Å². The fourth-order valence-electron chi connectivity index (χ4n) is 3.19. The summed E-state index contributed by atoms with van der Waals surface area (Å²) < 4.78 is 21.2. The number of rotatable bonds is 0. The Hall–Kier alpha value is -3.51. The van der Waals surface area contributed by atoms with Crippen molar-refractivity contribution in [3.8, 4) is 23.2 Å². The Labute approximate surface area is 170 Å². The Morgan fingerprint density at radius 2 is 2.21 bits per heavy atom. The van der Waals surface area contributed by atoms with Crippen molar-refractivity contribution in [3.05, 3.63) is 52.7 Å². The van der Waals surface area contributed by atoms with Gasteiger partial charge in [0.1, 0.15) is 28.9 Å². The molecular weight excluding hydrogens is 397 g/mol. The van der Waals surface area contributed by atoms with Gasteiger partial charge in [0.05, 0.1) is 29.7 Å². The zero-order valence-corrected chi connectivity index (χ0v) is 16.3. The van der Waals surface area contributed by atoms with E-state index in [4.69, 9.17) is 22.1 Å². The highest BCUT2D eigenvalue weighted by molar-refractivity contribution is 6.69. The quantitative estimate of drug-likeness (QED) is 0.607. The van der Waals surface area contributed by atoms with Gasteiger partial charge in [0.25, 0.3) is 5.88 Å². The molecule has 3 heterocycles. The largest absolute Gasteiger partial charge is 0.467 e. The number of nitrogens with two attached hydrogens (primary N) is 1. The molecule has 4 rings (SSSR count). The standard InChI is InChI=1S/C19H15ClFN7O/c1-9-12-5-10(21)3-4-11(12)17(20)24-8-14-16(15(6-22)28(2)27-14)13-7-25-18(23)19(26-13)29-9/h3-5,7,9H,8H2,1-2H3,(H2,23,25). The van der Waals surface area contributed by atoms with Crippen LogP contribution in [0.3, 0.4) is 0 Å². The molecule has 2 aromatic heterocycles. The molecule has 1 atom stereocenters. The van der Waals surface area contributed by atoms with Crippen molar-refractivity contribution >= 4 is 22.6 Å². The summed E-state index contributed by atoms with van der Waals surface area (Å²) in [4.78, 5) is 13.0. The van der Waals surface area contributed by atoms with Crippen molar-refractivity contribution in [2.24, 2.45) is 12.0 Å². The van der Waals surface area contributed by atoms with Crippen molar-refractivity contribution in [2.75, 3.05) is 5.73 Å². The molecule has 8 nitrogen and oxygen atoms in total. The zero-order chi connectivity index (χ0) is 20.7. The molecule has 0 saturated heterocycles. The van der Waals surface area contributed by atoms with Crippen LogP contribution >= 0.6 is 11.6 Å². The van der Waals surface area contributed by atoms with Gasteiger partial charge >= 0.3 is 0 Å². The van der Waals surface area contributed by atoms with Crippen LogP contribution in [0.4, 0.5) is 10.2 Å². The predicted molar refractivity (Wildman–Crippen MR) is 105 cm³/mol. The second-order valence-electron chi connectivity index (χ2n) is 6.45. The Balaban J connectivity index is 1.99. The third kappa shape index (κ3) is 3.28. The highest BCUT2D eigenvalue weighted by Crippen LogP contribution is 2.33. The van der Waals surface area contributed by atoms with E-state index in [-0.39, 0.29) is 23.4 Å². The molecule has 0 fully saturated rings.